The molecule has 114 valence electrons. The molecule has 1 heterocycles. The lowest BCUT2D eigenvalue weighted by molar-refractivity contribution is -0.152. The van der Waals surface area contributed by atoms with E-state index >= 15 is 0 Å². The minimum atomic E-state index is -0.715. The highest BCUT2D eigenvalue weighted by Crippen LogP contribution is 2.36. The Morgan fingerprint density at radius 2 is 1.86 bits per heavy atom. The summed E-state index contributed by atoms with van der Waals surface area (Å²) in [6, 6.07) is 7.54. The summed E-state index contributed by atoms with van der Waals surface area (Å²) in [6.45, 7) is 4.99. The van der Waals surface area contributed by atoms with Crippen LogP contribution in [0.3, 0.4) is 0 Å². The Labute approximate surface area is 125 Å². The van der Waals surface area contributed by atoms with Gasteiger partial charge in [0, 0.05) is 18.7 Å². The Balaban J connectivity index is 2.09. The molecule has 2 rings (SSSR count). The Morgan fingerprint density at radius 1 is 1.24 bits per heavy atom. The van der Waals surface area contributed by atoms with E-state index in [1.54, 1.807) is 4.90 Å². The molecular weight excluding hydrogens is 266 g/mol. The van der Waals surface area contributed by atoms with Gasteiger partial charge in [0.25, 0.3) is 5.91 Å². The zero-order chi connectivity index (χ0) is 15.5. The van der Waals surface area contributed by atoms with E-state index in [0.717, 1.165) is 17.5 Å². The Morgan fingerprint density at radius 3 is 2.38 bits per heavy atom. The summed E-state index contributed by atoms with van der Waals surface area (Å²) in [7, 11) is 0. The molecule has 1 aromatic rings. The first-order valence-electron chi connectivity index (χ1n) is 7.58. The number of piperidine rings is 1. The third-order valence-electron chi connectivity index (χ3n) is 4.57. The fourth-order valence-corrected chi connectivity index (χ4v) is 3.17. The number of aryl methyl sites for hydroxylation is 1. The van der Waals surface area contributed by atoms with Crippen molar-refractivity contribution < 1.29 is 14.7 Å². The molecular formula is C17H23NO3. The quantitative estimate of drug-likeness (QED) is 0.926. The molecule has 1 N–H and O–H groups in total. The minimum Gasteiger partial charge on any atom is -0.481 e. The lowest BCUT2D eigenvalue weighted by Gasteiger charge is -2.39. The van der Waals surface area contributed by atoms with Crippen molar-refractivity contribution >= 4 is 11.9 Å². The number of amides is 1. The molecule has 0 saturated carbocycles. The van der Waals surface area contributed by atoms with Gasteiger partial charge < -0.3 is 10.0 Å². The van der Waals surface area contributed by atoms with Crippen molar-refractivity contribution in [1.29, 1.82) is 0 Å². The fraction of sp³-hybridized carbons (Fsp3) is 0.529. The summed E-state index contributed by atoms with van der Waals surface area (Å²) in [5, 5.41) is 9.50. The van der Waals surface area contributed by atoms with Crippen molar-refractivity contribution in [3.8, 4) is 0 Å². The number of rotatable bonds is 4. The molecule has 0 unspecified atom stereocenters. The first-order chi connectivity index (χ1) is 10.00. The maximum atomic E-state index is 12.5. The second-order valence-corrected chi connectivity index (χ2v) is 5.94. The van der Waals surface area contributed by atoms with Crippen LogP contribution in [-0.2, 0) is 4.79 Å². The van der Waals surface area contributed by atoms with Crippen molar-refractivity contribution in [2.75, 3.05) is 13.1 Å². The Kier molecular flexibility index (Phi) is 4.66. The summed E-state index contributed by atoms with van der Waals surface area (Å²) in [6.07, 6.45) is 2.65. The number of aliphatic carboxylic acids is 1. The number of carboxylic acid groups (broad SMARTS) is 1. The van der Waals surface area contributed by atoms with Gasteiger partial charge in [-0.25, -0.2) is 0 Å². The molecule has 1 fully saturated rings. The third kappa shape index (κ3) is 3.09. The number of nitrogens with zero attached hydrogens (tertiary/aromatic N) is 1. The normalized spacial score (nSPS) is 17.5. The van der Waals surface area contributed by atoms with Gasteiger partial charge in [-0.2, -0.15) is 0 Å². The highest BCUT2D eigenvalue weighted by atomic mass is 16.4. The molecule has 0 radical (unpaired) electrons. The van der Waals surface area contributed by atoms with Gasteiger partial charge in [0.15, 0.2) is 0 Å². The van der Waals surface area contributed by atoms with E-state index in [1.807, 2.05) is 38.1 Å². The minimum absolute atomic E-state index is 0.0172. The average molecular weight is 289 g/mol. The molecule has 0 bridgehead atoms. The topological polar surface area (TPSA) is 57.6 Å². The van der Waals surface area contributed by atoms with Crippen molar-refractivity contribution in [3.05, 3.63) is 35.4 Å². The van der Waals surface area contributed by atoms with E-state index in [-0.39, 0.29) is 5.91 Å². The van der Waals surface area contributed by atoms with Crippen LogP contribution >= 0.6 is 0 Å². The largest absolute Gasteiger partial charge is 0.481 e. The zero-order valence-corrected chi connectivity index (χ0v) is 12.8. The predicted molar refractivity (Wildman–Crippen MR) is 81.3 cm³/mol. The van der Waals surface area contributed by atoms with Crippen LogP contribution in [0.15, 0.2) is 24.3 Å². The van der Waals surface area contributed by atoms with Gasteiger partial charge in [-0.05, 0) is 37.8 Å². The predicted octanol–water partition coefficient (Wildman–Crippen LogP) is 3.10. The van der Waals surface area contributed by atoms with Gasteiger partial charge in [0.2, 0.25) is 0 Å². The number of benzene rings is 1. The van der Waals surface area contributed by atoms with Crippen LogP contribution in [0.4, 0.5) is 0 Å². The first kappa shape index (κ1) is 15.5. The van der Waals surface area contributed by atoms with E-state index in [1.165, 1.54) is 0 Å². The first-order valence-corrected chi connectivity index (χ1v) is 7.58. The monoisotopic (exact) mass is 289 g/mol. The highest BCUT2D eigenvalue weighted by Gasteiger charge is 2.41. The molecule has 1 aromatic carbocycles. The smallest absolute Gasteiger partial charge is 0.309 e. The molecule has 4 heteroatoms. The Bertz CT molecular complexity index is 531. The van der Waals surface area contributed by atoms with E-state index < -0.39 is 11.4 Å². The number of carbonyl (C=O) groups is 2. The van der Waals surface area contributed by atoms with Gasteiger partial charge in [0.05, 0.1) is 5.41 Å². The van der Waals surface area contributed by atoms with Gasteiger partial charge >= 0.3 is 5.97 Å². The average Bonchev–Trinajstić information content (AvgIpc) is 2.48. The van der Waals surface area contributed by atoms with Crippen LogP contribution in [0.1, 0.15) is 48.5 Å². The van der Waals surface area contributed by atoms with Crippen LogP contribution in [0, 0.1) is 12.3 Å². The van der Waals surface area contributed by atoms with Crippen LogP contribution in [0.2, 0.25) is 0 Å². The van der Waals surface area contributed by atoms with E-state index in [2.05, 4.69) is 0 Å². The molecule has 1 saturated heterocycles. The van der Waals surface area contributed by atoms with Crippen LogP contribution in [0.25, 0.3) is 0 Å². The summed E-state index contributed by atoms with van der Waals surface area (Å²) in [5.74, 6) is -0.698. The SMILES string of the molecule is CCCC1(C(=O)O)CCN(C(=O)c2ccccc2C)CC1. The summed E-state index contributed by atoms with van der Waals surface area (Å²) < 4.78 is 0. The number of hydrogen-bond acceptors (Lipinski definition) is 2. The number of likely N-dealkylation sites (tertiary alicyclic amines) is 1. The van der Waals surface area contributed by atoms with Gasteiger partial charge in [-0.1, -0.05) is 31.5 Å². The number of hydrogen-bond donors (Lipinski definition) is 1. The molecule has 1 aliphatic heterocycles. The lowest BCUT2D eigenvalue weighted by atomic mass is 9.75. The van der Waals surface area contributed by atoms with E-state index in [4.69, 9.17) is 0 Å². The third-order valence-corrected chi connectivity index (χ3v) is 4.57. The second kappa shape index (κ2) is 6.29. The molecule has 1 aliphatic rings. The van der Waals surface area contributed by atoms with Crippen molar-refractivity contribution in [3.63, 3.8) is 0 Å². The molecule has 21 heavy (non-hydrogen) atoms. The summed E-state index contributed by atoms with van der Waals surface area (Å²) in [4.78, 5) is 25.9. The maximum Gasteiger partial charge on any atom is 0.309 e. The molecule has 0 spiro atoms. The maximum absolute atomic E-state index is 12.5. The van der Waals surface area contributed by atoms with E-state index in [9.17, 15) is 14.7 Å². The van der Waals surface area contributed by atoms with Gasteiger partial charge in [0.1, 0.15) is 0 Å². The van der Waals surface area contributed by atoms with Gasteiger partial charge in [-0.15, -0.1) is 0 Å². The van der Waals surface area contributed by atoms with Crippen LogP contribution in [-0.4, -0.2) is 35.0 Å². The summed E-state index contributed by atoms with van der Waals surface area (Å²) in [5.41, 5.74) is 1.04. The Hall–Kier alpha value is -1.84. The van der Waals surface area contributed by atoms with E-state index in [0.29, 0.717) is 32.4 Å². The summed E-state index contributed by atoms with van der Waals surface area (Å²) >= 11 is 0. The van der Waals surface area contributed by atoms with Crippen LogP contribution in [0.5, 0.6) is 0 Å². The fourth-order valence-electron chi connectivity index (χ4n) is 3.17. The molecule has 0 aliphatic carbocycles. The van der Waals surface area contributed by atoms with Crippen LogP contribution < -0.4 is 0 Å². The van der Waals surface area contributed by atoms with Crippen molar-refractivity contribution in [2.24, 2.45) is 5.41 Å². The standard InChI is InChI=1S/C17H23NO3/c1-3-8-17(16(20)21)9-11-18(12-10-17)15(19)14-7-5-4-6-13(14)2/h4-7H,3,8-12H2,1-2H3,(H,20,21). The van der Waals surface area contributed by atoms with Gasteiger partial charge in [-0.3, -0.25) is 9.59 Å². The number of carbonyl (C=O) groups excluding carboxylic acids is 1. The van der Waals surface area contributed by atoms with Crippen molar-refractivity contribution in [2.45, 2.75) is 39.5 Å². The molecule has 4 nitrogen and oxygen atoms in total. The van der Waals surface area contributed by atoms with Crippen molar-refractivity contribution in [1.82, 2.24) is 4.90 Å². The zero-order valence-electron chi connectivity index (χ0n) is 12.8. The second-order valence-electron chi connectivity index (χ2n) is 5.94. The lowest BCUT2D eigenvalue weighted by Crippen LogP contribution is -2.46. The molecule has 1 amide bonds. The molecule has 0 aromatic heterocycles. The highest BCUT2D eigenvalue weighted by molar-refractivity contribution is 5.95. The molecule has 0 atom stereocenters. The number of carboxylic acids is 1.